The molecule has 0 bridgehead atoms. The number of carbonyl (C=O) groups is 3. The molecule has 2 aromatic rings. The van der Waals surface area contributed by atoms with Crippen LogP contribution in [0.2, 0.25) is 0 Å². The minimum atomic E-state index is -4.01. The summed E-state index contributed by atoms with van der Waals surface area (Å²) in [6.45, 7) is 1.40. The first-order valence-corrected chi connectivity index (χ1v) is 11.7. The van der Waals surface area contributed by atoms with E-state index in [0.717, 1.165) is 0 Å². The largest absolute Gasteiger partial charge is 0.490 e. The van der Waals surface area contributed by atoms with Gasteiger partial charge < -0.3 is 19.5 Å². The zero-order valence-corrected chi connectivity index (χ0v) is 18.8. The summed E-state index contributed by atoms with van der Waals surface area (Å²) in [6.07, 6.45) is 1.01. The molecule has 0 radical (unpaired) electrons. The van der Waals surface area contributed by atoms with Crippen LogP contribution in [0.5, 0.6) is 11.5 Å². The summed E-state index contributed by atoms with van der Waals surface area (Å²) in [5, 5.41) is 2.66. The molecule has 0 atom stereocenters. The van der Waals surface area contributed by atoms with Gasteiger partial charge in [-0.15, -0.1) is 0 Å². The van der Waals surface area contributed by atoms with Crippen molar-refractivity contribution in [3.05, 3.63) is 48.0 Å². The Bertz CT molecular complexity index is 1130. The molecule has 2 N–H and O–H groups in total. The first kappa shape index (κ1) is 24.2. The Balaban J connectivity index is 1.50. The van der Waals surface area contributed by atoms with E-state index in [2.05, 4.69) is 10.0 Å². The molecule has 11 heteroatoms. The van der Waals surface area contributed by atoms with Crippen molar-refractivity contribution in [3.63, 3.8) is 0 Å². The van der Waals surface area contributed by atoms with E-state index in [1.807, 2.05) is 0 Å². The van der Waals surface area contributed by atoms with Gasteiger partial charge in [-0.3, -0.25) is 14.4 Å². The number of ketones is 1. The van der Waals surface area contributed by atoms with E-state index in [0.29, 0.717) is 43.2 Å². The lowest BCUT2D eigenvalue weighted by molar-refractivity contribution is -0.141. The standard InChI is InChI=1S/C22H24N2O8S/c1-2-21(26)24-16-6-4-15(5-7-16)18(25)14-32-22(27)13-23-33(28,29)17-8-9-19-20(12-17)31-11-3-10-30-19/h4-9,12,23H,2-3,10-11,13-14H2,1H3,(H,24,26). The van der Waals surface area contributed by atoms with Crippen LogP contribution in [0.1, 0.15) is 30.1 Å². The molecule has 0 saturated carbocycles. The quantitative estimate of drug-likeness (QED) is 0.414. The number of esters is 1. The van der Waals surface area contributed by atoms with Crippen molar-refractivity contribution in [2.45, 2.75) is 24.7 Å². The average Bonchev–Trinajstić information content (AvgIpc) is 3.06. The highest BCUT2D eigenvalue weighted by atomic mass is 32.2. The Kier molecular flexibility index (Phi) is 8.01. The number of rotatable bonds is 9. The summed E-state index contributed by atoms with van der Waals surface area (Å²) in [7, 11) is -4.01. The number of sulfonamides is 1. The van der Waals surface area contributed by atoms with Crippen LogP contribution >= 0.6 is 0 Å². The Hall–Kier alpha value is -3.44. The smallest absolute Gasteiger partial charge is 0.321 e. The zero-order chi connectivity index (χ0) is 23.8. The van der Waals surface area contributed by atoms with Gasteiger partial charge in [-0.05, 0) is 36.4 Å². The molecule has 176 valence electrons. The number of amides is 1. The lowest BCUT2D eigenvalue weighted by Crippen LogP contribution is -2.31. The van der Waals surface area contributed by atoms with Gasteiger partial charge in [-0.2, -0.15) is 4.72 Å². The average molecular weight is 477 g/mol. The fourth-order valence-electron chi connectivity index (χ4n) is 2.82. The van der Waals surface area contributed by atoms with Gasteiger partial charge in [0.1, 0.15) is 6.54 Å². The maximum atomic E-state index is 12.5. The number of ether oxygens (including phenoxy) is 3. The maximum Gasteiger partial charge on any atom is 0.321 e. The van der Waals surface area contributed by atoms with Crippen molar-refractivity contribution < 1.29 is 37.0 Å². The highest BCUT2D eigenvalue weighted by molar-refractivity contribution is 7.89. The molecule has 3 rings (SSSR count). The van der Waals surface area contributed by atoms with Gasteiger partial charge >= 0.3 is 5.97 Å². The molecule has 1 heterocycles. The maximum absolute atomic E-state index is 12.5. The minimum Gasteiger partial charge on any atom is -0.490 e. The van der Waals surface area contributed by atoms with Gasteiger partial charge in [0.2, 0.25) is 15.9 Å². The molecule has 0 aromatic heterocycles. The van der Waals surface area contributed by atoms with Gasteiger partial charge in [0, 0.05) is 30.2 Å². The predicted molar refractivity (Wildman–Crippen MR) is 118 cm³/mol. The summed E-state index contributed by atoms with van der Waals surface area (Å²) >= 11 is 0. The second-order valence-corrected chi connectivity index (χ2v) is 8.81. The molecule has 0 aliphatic carbocycles. The minimum absolute atomic E-state index is 0.0918. The molecule has 2 aromatic carbocycles. The van der Waals surface area contributed by atoms with Crippen LogP contribution in [0.25, 0.3) is 0 Å². The molecule has 0 fully saturated rings. The number of nitrogens with one attached hydrogen (secondary N) is 2. The first-order valence-electron chi connectivity index (χ1n) is 10.3. The number of Topliss-reactive ketones (excluding diaryl/α,β-unsaturated/α-hetero) is 1. The summed E-state index contributed by atoms with van der Waals surface area (Å²) in [5.41, 5.74) is 0.824. The molecule has 0 saturated heterocycles. The van der Waals surface area contributed by atoms with Crippen molar-refractivity contribution in [2.75, 3.05) is 31.7 Å². The third-order valence-electron chi connectivity index (χ3n) is 4.61. The first-order chi connectivity index (χ1) is 15.8. The van der Waals surface area contributed by atoms with Crippen molar-refractivity contribution in [1.82, 2.24) is 4.72 Å². The second-order valence-electron chi connectivity index (χ2n) is 7.05. The number of carbonyl (C=O) groups excluding carboxylic acids is 3. The lowest BCUT2D eigenvalue weighted by Gasteiger charge is -2.11. The van der Waals surface area contributed by atoms with Gasteiger partial charge in [0.15, 0.2) is 23.9 Å². The van der Waals surface area contributed by atoms with Crippen LogP contribution in [-0.4, -0.2) is 52.4 Å². The topological polar surface area (TPSA) is 137 Å². The molecule has 10 nitrogen and oxygen atoms in total. The van der Waals surface area contributed by atoms with Crippen LogP contribution in [0.3, 0.4) is 0 Å². The highest BCUT2D eigenvalue weighted by Gasteiger charge is 2.20. The van der Waals surface area contributed by atoms with Gasteiger partial charge in [-0.1, -0.05) is 6.92 Å². The van der Waals surface area contributed by atoms with Gasteiger partial charge in [0.25, 0.3) is 0 Å². The Labute approximate surface area is 191 Å². The van der Waals surface area contributed by atoms with Crippen molar-refractivity contribution in [3.8, 4) is 11.5 Å². The Morgan fingerprint density at radius 2 is 1.70 bits per heavy atom. The molecule has 0 unspecified atom stereocenters. The van der Waals surface area contributed by atoms with E-state index in [1.54, 1.807) is 19.1 Å². The van der Waals surface area contributed by atoms with E-state index in [1.165, 1.54) is 30.3 Å². The van der Waals surface area contributed by atoms with Crippen LogP contribution in [0, 0.1) is 0 Å². The number of hydrogen-bond acceptors (Lipinski definition) is 8. The Morgan fingerprint density at radius 3 is 2.39 bits per heavy atom. The summed E-state index contributed by atoms with van der Waals surface area (Å²) in [6, 6.07) is 10.3. The summed E-state index contributed by atoms with van der Waals surface area (Å²) in [5.74, 6) is -0.776. The van der Waals surface area contributed by atoms with Crippen LogP contribution in [-0.2, 0) is 24.3 Å². The third kappa shape index (κ3) is 6.77. The number of hydrogen-bond donors (Lipinski definition) is 2. The van der Waals surface area contributed by atoms with Crippen molar-refractivity contribution >= 4 is 33.4 Å². The Morgan fingerprint density at radius 1 is 1.00 bits per heavy atom. The molecular weight excluding hydrogens is 452 g/mol. The highest BCUT2D eigenvalue weighted by Crippen LogP contribution is 2.31. The lowest BCUT2D eigenvalue weighted by atomic mass is 10.1. The molecule has 1 aliphatic rings. The fourth-order valence-corrected chi connectivity index (χ4v) is 3.80. The molecule has 1 aliphatic heterocycles. The fraction of sp³-hybridized carbons (Fsp3) is 0.318. The van der Waals surface area contributed by atoms with Crippen molar-refractivity contribution in [1.29, 1.82) is 0 Å². The predicted octanol–water partition coefficient (Wildman–Crippen LogP) is 1.90. The van der Waals surface area contributed by atoms with Crippen LogP contribution < -0.4 is 19.5 Å². The molecular formula is C22H24N2O8S. The molecule has 33 heavy (non-hydrogen) atoms. The van der Waals surface area contributed by atoms with Gasteiger partial charge in [0.05, 0.1) is 18.1 Å². The zero-order valence-electron chi connectivity index (χ0n) is 18.0. The van der Waals surface area contributed by atoms with E-state index in [4.69, 9.17) is 14.2 Å². The normalized spacial score (nSPS) is 13.0. The number of anilines is 1. The van der Waals surface area contributed by atoms with Crippen LogP contribution in [0.15, 0.2) is 47.4 Å². The second kappa shape index (κ2) is 10.9. The van der Waals surface area contributed by atoms with E-state index >= 15 is 0 Å². The van der Waals surface area contributed by atoms with Crippen LogP contribution in [0.4, 0.5) is 5.69 Å². The monoisotopic (exact) mass is 476 g/mol. The number of fused-ring (bicyclic) bond motifs is 1. The molecule has 1 amide bonds. The summed E-state index contributed by atoms with van der Waals surface area (Å²) < 4.78 is 42.9. The van der Waals surface area contributed by atoms with E-state index in [9.17, 15) is 22.8 Å². The molecule has 0 spiro atoms. The van der Waals surface area contributed by atoms with Crippen molar-refractivity contribution in [2.24, 2.45) is 0 Å². The van der Waals surface area contributed by atoms with E-state index in [-0.39, 0.29) is 16.4 Å². The summed E-state index contributed by atoms with van der Waals surface area (Å²) in [4.78, 5) is 35.4. The third-order valence-corrected chi connectivity index (χ3v) is 6.01. The SMILES string of the molecule is CCC(=O)Nc1ccc(C(=O)COC(=O)CNS(=O)(=O)c2ccc3c(c2)OCCCO3)cc1. The number of benzene rings is 2. The van der Waals surface area contributed by atoms with E-state index < -0.39 is 34.9 Å². The van der Waals surface area contributed by atoms with Gasteiger partial charge in [-0.25, -0.2) is 8.42 Å².